The van der Waals surface area contributed by atoms with Gasteiger partial charge in [0, 0.05) is 20.8 Å². The Labute approximate surface area is 116 Å². The minimum Gasteiger partial charge on any atom is -0.383 e. The average molecular weight is 283 g/mol. The molecule has 0 aliphatic rings. The van der Waals surface area contributed by atoms with Crippen LogP contribution in [0.3, 0.4) is 0 Å². The quantitative estimate of drug-likeness (QED) is 0.629. The fourth-order valence-corrected chi connectivity index (χ4v) is 1.61. The van der Waals surface area contributed by atoms with Gasteiger partial charge in [-0.3, -0.25) is 4.79 Å². The van der Waals surface area contributed by atoms with Crippen LogP contribution in [0.25, 0.3) is 0 Å². The molecule has 0 heterocycles. The second kappa shape index (κ2) is 13.1. The molecule has 110 valence electrons. The second-order valence-corrected chi connectivity index (χ2v) is 4.16. The summed E-state index contributed by atoms with van der Waals surface area (Å²) in [5.74, 6) is -0.0274. The number of nitrogens with one attached hydrogen (secondary N) is 1. The maximum atomic E-state index is 11.7. The van der Waals surface area contributed by atoms with Crippen LogP contribution >= 0.6 is 12.4 Å². The van der Waals surface area contributed by atoms with Crippen molar-refractivity contribution < 1.29 is 14.3 Å². The summed E-state index contributed by atoms with van der Waals surface area (Å²) in [6, 6.07) is 0.0859. The van der Waals surface area contributed by atoms with E-state index < -0.39 is 0 Å². The summed E-state index contributed by atoms with van der Waals surface area (Å²) < 4.78 is 10.2. The molecule has 3 N–H and O–H groups in total. The number of hydrogen-bond acceptors (Lipinski definition) is 4. The molecule has 5 nitrogen and oxygen atoms in total. The summed E-state index contributed by atoms with van der Waals surface area (Å²) in [6.45, 7) is 3.03. The minimum atomic E-state index is -0.204. The molecule has 0 saturated heterocycles. The van der Waals surface area contributed by atoms with Crippen LogP contribution in [0.2, 0.25) is 0 Å². The lowest BCUT2D eigenvalue weighted by atomic mass is 10.1. The van der Waals surface area contributed by atoms with Gasteiger partial charge >= 0.3 is 0 Å². The zero-order valence-electron chi connectivity index (χ0n) is 11.6. The van der Waals surface area contributed by atoms with Crippen LogP contribution in [-0.4, -0.2) is 45.4 Å². The maximum absolute atomic E-state index is 11.7. The molecule has 0 aromatic carbocycles. The molecule has 0 saturated carbocycles. The van der Waals surface area contributed by atoms with Gasteiger partial charge in [-0.2, -0.15) is 0 Å². The number of unbranched alkanes of at least 4 members (excludes halogenated alkanes) is 1. The van der Waals surface area contributed by atoms with E-state index in [-0.39, 0.29) is 30.5 Å². The van der Waals surface area contributed by atoms with Gasteiger partial charge in [0.2, 0.25) is 5.91 Å². The Balaban J connectivity index is 0. The lowest BCUT2D eigenvalue weighted by molar-refractivity contribution is -0.124. The normalized spacial score (nSPS) is 13.6. The molecule has 0 aromatic rings. The molecular weight excluding hydrogens is 256 g/mol. The molecule has 0 bridgehead atoms. The van der Waals surface area contributed by atoms with Crippen LogP contribution in [0.15, 0.2) is 0 Å². The average Bonchev–Trinajstić information content (AvgIpc) is 2.33. The maximum Gasteiger partial charge on any atom is 0.222 e. The van der Waals surface area contributed by atoms with E-state index in [1.54, 1.807) is 14.2 Å². The number of nitrogens with two attached hydrogens (primary N) is 1. The molecule has 0 fully saturated rings. The number of amides is 1. The zero-order chi connectivity index (χ0) is 13.1. The van der Waals surface area contributed by atoms with E-state index in [0.29, 0.717) is 19.6 Å². The number of rotatable bonds is 10. The standard InChI is InChI=1S/C12H26N2O3.ClH/c1-4-5-6-10(9-16-2)14-12(15)7-11(8-13)17-3;/h10-11H,4-9,13H2,1-3H3,(H,14,15);1H. The van der Waals surface area contributed by atoms with Crippen LogP contribution < -0.4 is 11.1 Å². The van der Waals surface area contributed by atoms with Gasteiger partial charge in [-0.15, -0.1) is 12.4 Å². The van der Waals surface area contributed by atoms with Crippen molar-refractivity contribution in [1.82, 2.24) is 5.32 Å². The first kappa shape index (κ1) is 20.0. The molecule has 0 radical (unpaired) electrons. The second-order valence-electron chi connectivity index (χ2n) is 4.16. The number of ether oxygens (including phenoxy) is 2. The van der Waals surface area contributed by atoms with E-state index in [1.165, 1.54) is 0 Å². The molecule has 18 heavy (non-hydrogen) atoms. The highest BCUT2D eigenvalue weighted by atomic mass is 35.5. The molecule has 0 aromatic heterocycles. The summed E-state index contributed by atoms with van der Waals surface area (Å²) in [5, 5.41) is 2.95. The first-order chi connectivity index (χ1) is 8.17. The lowest BCUT2D eigenvalue weighted by Gasteiger charge is -2.19. The van der Waals surface area contributed by atoms with E-state index in [0.717, 1.165) is 19.3 Å². The first-order valence-electron chi connectivity index (χ1n) is 6.19. The van der Waals surface area contributed by atoms with E-state index in [2.05, 4.69) is 12.2 Å². The number of carbonyl (C=O) groups is 1. The van der Waals surface area contributed by atoms with Gasteiger partial charge in [-0.1, -0.05) is 19.8 Å². The predicted octanol–water partition coefficient (Wildman–Crippen LogP) is 1.09. The molecule has 0 spiro atoms. The highest BCUT2D eigenvalue weighted by Gasteiger charge is 2.15. The van der Waals surface area contributed by atoms with Gasteiger partial charge in [0.1, 0.15) is 0 Å². The molecule has 6 heteroatoms. The Bertz CT molecular complexity index is 202. The van der Waals surface area contributed by atoms with Crippen molar-refractivity contribution in [3.8, 4) is 0 Å². The Morgan fingerprint density at radius 3 is 2.50 bits per heavy atom. The number of carbonyl (C=O) groups excluding carboxylic acids is 1. The molecule has 0 aliphatic heterocycles. The van der Waals surface area contributed by atoms with Gasteiger partial charge in [0.15, 0.2) is 0 Å². The molecule has 1 amide bonds. The number of hydrogen-bond donors (Lipinski definition) is 2. The topological polar surface area (TPSA) is 73.6 Å². The summed E-state index contributed by atoms with van der Waals surface area (Å²) in [7, 11) is 3.21. The Morgan fingerprint density at radius 2 is 2.06 bits per heavy atom. The van der Waals surface area contributed by atoms with Crippen molar-refractivity contribution in [2.24, 2.45) is 5.73 Å². The number of halogens is 1. The van der Waals surface area contributed by atoms with Crippen molar-refractivity contribution in [3.63, 3.8) is 0 Å². The number of methoxy groups -OCH3 is 2. The summed E-state index contributed by atoms with van der Waals surface area (Å²) in [4.78, 5) is 11.7. The fourth-order valence-electron chi connectivity index (χ4n) is 1.61. The Hall–Kier alpha value is -0.360. The third kappa shape index (κ3) is 9.65. The van der Waals surface area contributed by atoms with Crippen LogP contribution in [0, 0.1) is 0 Å². The van der Waals surface area contributed by atoms with E-state index >= 15 is 0 Å². The summed E-state index contributed by atoms with van der Waals surface area (Å²) >= 11 is 0. The highest BCUT2D eigenvalue weighted by Crippen LogP contribution is 2.03. The lowest BCUT2D eigenvalue weighted by Crippen LogP contribution is -2.40. The smallest absolute Gasteiger partial charge is 0.222 e. The van der Waals surface area contributed by atoms with Crippen molar-refractivity contribution >= 4 is 18.3 Å². The molecule has 0 aliphatic carbocycles. The fraction of sp³-hybridized carbons (Fsp3) is 0.917. The Morgan fingerprint density at radius 1 is 1.39 bits per heavy atom. The molecule has 2 atom stereocenters. The van der Waals surface area contributed by atoms with Crippen LogP contribution in [-0.2, 0) is 14.3 Å². The van der Waals surface area contributed by atoms with Crippen molar-refractivity contribution in [3.05, 3.63) is 0 Å². The first-order valence-corrected chi connectivity index (χ1v) is 6.19. The third-order valence-electron chi connectivity index (χ3n) is 2.65. The van der Waals surface area contributed by atoms with Crippen molar-refractivity contribution in [1.29, 1.82) is 0 Å². The van der Waals surface area contributed by atoms with Crippen LogP contribution in [0.5, 0.6) is 0 Å². The van der Waals surface area contributed by atoms with E-state index in [4.69, 9.17) is 15.2 Å². The summed E-state index contributed by atoms with van der Waals surface area (Å²) in [6.07, 6.45) is 3.23. The largest absolute Gasteiger partial charge is 0.383 e. The van der Waals surface area contributed by atoms with E-state index in [9.17, 15) is 4.79 Å². The van der Waals surface area contributed by atoms with Crippen molar-refractivity contribution in [2.45, 2.75) is 44.8 Å². The van der Waals surface area contributed by atoms with Crippen molar-refractivity contribution in [2.75, 3.05) is 27.4 Å². The zero-order valence-corrected chi connectivity index (χ0v) is 12.4. The summed E-state index contributed by atoms with van der Waals surface area (Å²) in [5.41, 5.74) is 5.47. The monoisotopic (exact) mass is 282 g/mol. The van der Waals surface area contributed by atoms with Gasteiger partial charge in [-0.25, -0.2) is 0 Å². The van der Waals surface area contributed by atoms with Crippen LogP contribution in [0.4, 0.5) is 0 Å². The SMILES string of the molecule is CCCCC(COC)NC(=O)CC(CN)OC.Cl. The van der Waals surface area contributed by atoms with Gasteiger partial charge < -0.3 is 20.5 Å². The Kier molecular flexibility index (Phi) is 14.5. The van der Waals surface area contributed by atoms with Gasteiger partial charge in [0.05, 0.1) is 25.2 Å². The predicted molar refractivity (Wildman–Crippen MR) is 75.0 cm³/mol. The molecular formula is C12H27ClN2O3. The van der Waals surface area contributed by atoms with Gasteiger partial charge in [0.25, 0.3) is 0 Å². The highest BCUT2D eigenvalue weighted by molar-refractivity contribution is 5.85. The van der Waals surface area contributed by atoms with E-state index in [1.807, 2.05) is 0 Å². The minimum absolute atomic E-state index is 0. The molecule has 2 unspecified atom stereocenters. The van der Waals surface area contributed by atoms with Gasteiger partial charge in [-0.05, 0) is 6.42 Å². The molecule has 0 rings (SSSR count). The van der Waals surface area contributed by atoms with Crippen LogP contribution in [0.1, 0.15) is 32.6 Å². The third-order valence-corrected chi connectivity index (χ3v) is 2.65.